The van der Waals surface area contributed by atoms with Gasteiger partial charge in [0.1, 0.15) is 65.5 Å². The van der Waals surface area contributed by atoms with Crippen molar-refractivity contribution in [1.82, 2.24) is 0 Å². The largest absolute Gasteiger partial charge is 0.507 e. The third-order valence-electron chi connectivity index (χ3n) is 7.31. The number of methoxy groups -OCH3 is 2. The Hall–Kier alpha value is -3.51. The van der Waals surface area contributed by atoms with E-state index in [1.165, 1.54) is 51.5 Å². The van der Waals surface area contributed by atoms with Crippen LogP contribution in [0.25, 0.3) is 6.08 Å². The van der Waals surface area contributed by atoms with Gasteiger partial charge in [0, 0.05) is 12.1 Å². The summed E-state index contributed by atoms with van der Waals surface area (Å²) in [5.74, 6) is -1.28. The summed E-state index contributed by atoms with van der Waals surface area (Å²) in [6.45, 7) is 0.960. The molecule has 0 bridgehead atoms. The number of aromatic hydroxyl groups is 2. The first kappa shape index (κ1) is 33.4. The lowest BCUT2D eigenvalue weighted by Crippen LogP contribution is -2.61. The molecule has 0 amide bonds. The molecule has 242 valence electrons. The van der Waals surface area contributed by atoms with E-state index in [2.05, 4.69) is 0 Å². The maximum absolute atomic E-state index is 13.0. The predicted octanol–water partition coefficient (Wildman–Crippen LogP) is -0.958. The van der Waals surface area contributed by atoms with Crippen LogP contribution in [0, 0.1) is 0 Å². The van der Waals surface area contributed by atoms with Crippen molar-refractivity contribution in [3.05, 3.63) is 47.5 Å². The molecule has 0 aromatic heterocycles. The molecule has 0 saturated carbocycles. The van der Waals surface area contributed by atoms with Gasteiger partial charge in [0.15, 0.2) is 23.6 Å². The Morgan fingerprint density at radius 3 is 2.14 bits per heavy atom. The van der Waals surface area contributed by atoms with Crippen molar-refractivity contribution in [2.45, 2.75) is 68.3 Å². The molecule has 0 aliphatic carbocycles. The third-order valence-corrected chi connectivity index (χ3v) is 7.31. The Bertz CT molecular complexity index is 1330. The molecule has 2 fully saturated rings. The Kier molecular flexibility index (Phi) is 10.7. The van der Waals surface area contributed by atoms with Crippen LogP contribution >= 0.6 is 0 Å². The summed E-state index contributed by atoms with van der Waals surface area (Å²) >= 11 is 0. The Balaban J connectivity index is 1.47. The molecule has 15 heteroatoms. The minimum absolute atomic E-state index is 0.0777. The highest BCUT2D eigenvalue weighted by Gasteiger charge is 2.47. The molecule has 2 aromatic carbocycles. The van der Waals surface area contributed by atoms with Gasteiger partial charge in [-0.05, 0) is 30.7 Å². The fourth-order valence-electron chi connectivity index (χ4n) is 4.73. The van der Waals surface area contributed by atoms with E-state index >= 15 is 0 Å². The van der Waals surface area contributed by atoms with Crippen molar-refractivity contribution < 1.29 is 74.1 Å². The lowest BCUT2D eigenvalue weighted by atomic mass is 9.98. The summed E-state index contributed by atoms with van der Waals surface area (Å²) in [6.07, 6.45) is -12.4. The van der Waals surface area contributed by atoms with Crippen molar-refractivity contribution in [1.29, 1.82) is 0 Å². The quantitative estimate of drug-likeness (QED) is 0.117. The minimum Gasteiger partial charge on any atom is -0.507 e. The molecule has 0 radical (unpaired) electrons. The lowest BCUT2D eigenvalue weighted by molar-refractivity contribution is -0.318. The average molecular weight is 625 g/mol. The van der Waals surface area contributed by atoms with Gasteiger partial charge in [0.2, 0.25) is 6.29 Å². The molecule has 8 N–H and O–H groups in total. The number of aliphatic hydroxyl groups is 6. The van der Waals surface area contributed by atoms with Gasteiger partial charge in [0.25, 0.3) is 0 Å². The normalized spacial score (nSPS) is 32.4. The van der Waals surface area contributed by atoms with E-state index in [0.717, 1.165) is 6.07 Å². The number of phenols is 2. The number of ether oxygens (including phenoxy) is 6. The molecular formula is C29H36O15. The van der Waals surface area contributed by atoms with Crippen LogP contribution in [-0.2, 0) is 14.2 Å². The summed E-state index contributed by atoms with van der Waals surface area (Å²) in [5, 5.41) is 81.8. The summed E-state index contributed by atoms with van der Waals surface area (Å²) in [4.78, 5) is 13.0. The molecule has 0 spiro atoms. The minimum atomic E-state index is -1.77. The Morgan fingerprint density at radius 1 is 0.795 bits per heavy atom. The Morgan fingerprint density at radius 2 is 1.45 bits per heavy atom. The average Bonchev–Trinajstić information content (AvgIpc) is 3.00. The maximum atomic E-state index is 13.0. The van der Waals surface area contributed by atoms with E-state index in [9.17, 15) is 45.6 Å². The fourth-order valence-corrected chi connectivity index (χ4v) is 4.73. The van der Waals surface area contributed by atoms with Crippen LogP contribution in [0.1, 0.15) is 22.8 Å². The summed E-state index contributed by atoms with van der Waals surface area (Å²) in [6, 6.07) is 6.75. The second-order valence-corrected chi connectivity index (χ2v) is 10.3. The zero-order valence-corrected chi connectivity index (χ0v) is 24.0. The number of aliphatic hydroxyl groups excluding tert-OH is 6. The van der Waals surface area contributed by atoms with Crippen LogP contribution in [-0.4, -0.2) is 129 Å². The Labute approximate surface area is 251 Å². The van der Waals surface area contributed by atoms with Gasteiger partial charge in [-0.15, -0.1) is 0 Å². The first-order valence-electron chi connectivity index (χ1n) is 13.5. The van der Waals surface area contributed by atoms with E-state index in [0.29, 0.717) is 5.56 Å². The summed E-state index contributed by atoms with van der Waals surface area (Å²) in [5.41, 5.74) is 0.322. The fraction of sp³-hybridized carbons (Fsp3) is 0.483. The number of carbonyl (C=O) groups excluding carboxylic acids is 1. The molecule has 10 atom stereocenters. The van der Waals surface area contributed by atoms with Crippen LogP contribution in [0.2, 0.25) is 0 Å². The van der Waals surface area contributed by atoms with E-state index in [4.69, 9.17) is 28.4 Å². The molecule has 44 heavy (non-hydrogen) atoms. The number of hydrogen-bond acceptors (Lipinski definition) is 15. The first-order valence-corrected chi connectivity index (χ1v) is 13.5. The highest BCUT2D eigenvalue weighted by atomic mass is 16.7. The van der Waals surface area contributed by atoms with Crippen molar-refractivity contribution in [2.75, 3.05) is 20.8 Å². The number of hydrogen-bond donors (Lipinski definition) is 8. The molecule has 2 aliphatic rings. The van der Waals surface area contributed by atoms with Gasteiger partial charge >= 0.3 is 0 Å². The molecule has 2 saturated heterocycles. The number of allylic oxidation sites excluding steroid dienone is 1. The molecule has 4 rings (SSSR count). The van der Waals surface area contributed by atoms with Crippen LogP contribution < -0.4 is 14.2 Å². The topological polar surface area (TPSA) is 234 Å². The molecular weight excluding hydrogens is 588 g/mol. The second-order valence-electron chi connectivity index (χ2n) is 10.3. The number of rotatable bonds is 10. The standard InChI is InChI=1S/C29H36O15/c1-12-22(33)24(35)26(37)28(42-12)41-11-20-23(34)25(36)27(38)29(44-20)43-14-9-17(32)21(19(10-14)40-3)16(31)7-5-13-4-6-15(30)18(8-13)39-2/h4-10,12,20,22-30,32-38H,11H2,1-3H3/b7-5+/t12-,20+,22-,23+,24+,25-,26+,27+,28+,29+/m0/s1. The number of ketones is 1. The summed E-state index contributed by atoms with van der Waals surface area (Å²) < 4.78 is 32.4. The summed E-state index contributed by atoms with van der Waals surface area (Å²) in [7, 11) is 2.63. The van der Waals surface area contributed by atoms with Gasteiger partial charge < -0.3 is 69.3 Å². The zero-order chi connectivity index (χ0) is 32.3. The second kappa shape index (κ2) is 14.1. The van der Waals surface area contributed by atoms with E-state index in [-0.39, 0.29) is 28.6 Å². The van der Waals surface area contributed by atoms with Gasteiger partial charge in [-0.2, -0.15) is 0 Å². The van der Waals surface area contributed by atoms with Crippen molar-refractivity contribution in [2.24, 2.45) is 0 Å². The SMILES string of the molecule is COc1cc(/C=C/C(=O)c2c(O)cc(O[C@@H]3O[C@H](CO[C@@H]4O[C@@H](C)[C@H](O)[C@@H](O)[C@H]4O)[C@@H](O)[C@H](O)[C@H]3O)cc2OC)ccc1O. The van der Waals surface area contributed by atoms with Crippen molar-refractivity contribution >= 4 is 11.9 Å². The molecule has 0 unspecified atom stereocenters. The first-order chi connectivity index (χ1) is 20.9. The van der Waals surface area contributed by atoms with Gasteiger partial charge in [-0.3, -0.25) is 4.79 Å². The van der Waals surface area contributed by atoms with E-state index < -0.39 is 79.6 Å². The number of benzene rings is 2. The number of carbonyl (C=O) groups is 1. The molecule has 15 nitrogen and oxygen atoms in total. The van der Waals surface area contributed by atoms with Crippen LogP contribution in [0.15, 0.2) is 36.4 Å². The maximum Gasteiger partial charge on any atom is 0.229 e. The van der Waals surface area contributed by atoms with Gasteiger partial charge in [-0.1, -0.05) is 12.1 Å². The van der Waals surface area contributed by atoms with Crippen LogP contribution in [0.4, 0.5) is 0 Å². The molecule has 2 heterocycles. The van der Waals surface area contributed by atoms with Gasteiger partial charge in [0.05, 0.1) is 26.9 Å². The number of phenolic OH excluding ortho intramolecular Hbond substituents is 2. The molecule has 2 aliphatic heterocycles. The molecule has 2 aromatic rings. The van der Waals surface area contributed by atoms with Crippen molar-refractivity contribution in [3.63, 3.8) is 0 Å². The monoisotopic (exact) mass is 624 g/mol. The predicted molar refractivity (Wildman–Crippen MR) is 148 cm³/mol. The van der Waals surface area contributed by atoms with Crippen LogP contribution in [0.3, 0.4) is 0 Å². The van der Waals surface area contributed by atoms with Gasteiger partial charge in [-0.25, -0.2) is 0 Å². The highest BCUT2D eigenvalue weighted by Crippen LogP contribution is 2.36. The lowest BCUT2D eigenvalue weighted by Gasteiger charge is -2.42. The third kappa shape index (κ3) is 7.07. The van der Waals surface area contributed by atoms with Crippen LogP contribution in [0.5, 0.6) is 28.7 Å². The highest BCUT2D eigenvalue weighted by molar-refractivity contribution is 6.10. The van der Waals surface area contributed by atoms with Crippen molar-refractivity contribution in [3.8, 4) is 28.7 Å². The van der Waals surface area contributed by atoms with E-state index in [1.807, 2.05) is 0 Å². The van der Waals surface area contributed by atoms with E-state index in [1.54, 1.807) is 6.07 Å². The smallest absolute Gasteiger partial charge is 0.229 e. The zero-order valence-electron chi connectivity index (χ0n) is 24.0.